The minimum atomic E-state index is 0.319. The van der Waals surface area contributed by atoms with Gasteiger partial charge in [-0.1, -0.05) is 0 Å². The number of hydrogen-bond acceptors (Lipinski definition) is 3. The van der Waals surface area contributed by atoms with Crippen molar-refractivity contribution in [1.82, 2.24) is 15.1 Å². The lowest BCUT2D eigenvalue weighted by Gasteiger charge is -2.45. The summed E-state index contributed by atoms with van der Waals surface area (Å²) in [7, 11) is 0. The highest BCUT2D eigenvalue weighted by Gasteiger charge is 2.37. The first kappa shape index (κ1) is 10.4. The van der Waals surface area contributed by atoms with E-state index < -0.39 is 0 Å². The smallest absolute Gasteiger partial charge is 0.0732 e. The second-order valence-electron chi connectivity index (χ2n) is 5.63. The SMILES string of the molecule is CC1CNC2CN(C(C)(C)C)CCN12. The molecule has 2 saturated heterocycles. The van der Waals surface area contributed by atoms with E-state index in [2.05, 4.69) is 42.8 Å². The molecule has 0 radical (unpaired) electrons. The second-order valence-corrected chi connectivity index (χ2v) is 5.63. The summed E-state index contributed by atoms with van der Waals surface area (Å²) in [5, 5.41) is 3.59. The van der Waals surface area contributed by atoms with E-state index in [1.807, 2.05) is 0 Å². The van der Waals surface area contributed by atoms with Crippen LogP contribution in [0.5, 0.6) is 0 Å². The molecule has 82 valence electrons. The Balaban J connectivity index is 1.99. The molecule has 14 heavy (non-hydrogen) atoms. The lowest BCUT2D eigenvalue weighted by Crippen LogP contribution is -2.59. The van der Waals surface area contributed by atoms with Crippen LogP contribution in [-0.2, 0) is 0 Å². The van der Waals surface area contributed by atoms with Crippen LogP contribution in [0.1, 0.15) is 27.7 Å². The van der Waals surface area contributed by atoms with Gasteiger partial charge in [0.05, 0.1) is 6.17 Å². The molecule has 0 bridgehead atoms. The third-order valence-electron chi connectivity index (χ3n) is 3.59. The lowest BCUT2D eigenvalue weighted by atomic mass is 10.0. The van der Waals surface area contributed by atoms with Crippen molar-refractivity contribution in [3.63, 3.8) is 0 Å². The molecule has 3 nitrogen and oxygen atoms in total. The largest absolute Gasteiger partial charge is 0.299 e. The summed E-state index contributed by atoms with van der Waals surface area (Å²) < 4.78 is 0. The van der Waals surface area contributed by atoms with Gasteiger partial charge >= 0.3 is 0 Å². The van der Waals surface area contributed by atoms with Crippen molar-refractivity contribution < 1.29 is 0 Å². The summed E-state index contributed by atoms with van der Waals surface area (Å²) in [6.45, 7) is 14.0. The Labute approximate surface area is 87.4 Å². The molecule has 3 heteroatoms. The lowest BCUT2D eigenvalue weighted by molar-refractivity contribution is 0.0237. The molecule has 0 aliphatic carbocycles. The highest BCUT2D eigenvalue weighted by atomic mass is 15.4. The number of nitrogens with one attached hydrogen (secondary N) is 1. The fourth-order valence-corrected chi connectivity index (χ4v) is 2.54. The summed E-state index contributed by atoms with van der Waals surface area (Å²) in [6, 6.07) is 0.724. The minimum absolute atomic E-state index is 0.319. The van der Waals surface area contributed by atoms with Gasteiger partial charge in [-0.25, -0.2) is 0 Å². The molecular formula is C11H23N3. The van der Waals surface area contributed by atoms with Gasteiger partial charge in [0.2, 0.25) is 0 Å². The first-order chi connectivity index (χ1) is 6.48. The Morgan fingerprint density at radius 1 is 1.21 bits per heavy atom. The predicted molar refractivity (Wildman–Crippen MR) is 59.3 cm³/mol. The van der Waals surface area contributed by atoms with E-state index in [1.54, 1.807) is 0 Å². The summed E-state index contributed by atoms with van der Waals surface area (Å²) in [4.78, 5) is 5.18. The number of fused-ring (bicyclic) bond motifs is 1. The van der Waals surface area contributed by atoms with Gasteiger partial charge in [-0.2, -0.15) is 0 Å². The van der Waals surface area contributed by atoms with Crippen molar-refractivity contribution >= 4 is 0 Å². The molecule has 2 fully saturated rings. The molecule has 0 spiro atoms. The molecule has 2 atom stereocenters. The Kier molecular flexibility index (Phi) is 2.58. The quantitative estimate of drug-likeness (QED) is 0.617. The highest BCUT2D eigenvalue weighted by molar-refractivity contribution is 4.93. The standard InChI is InChI=1S/C11H23N3/c1-9-7-12-10-8-13(11(2,3)4)5-6-14(9)10/h9-10,12H,5-8H2,1-4H3. The van der Waals surface area contributed by atoms with Crippen molar-refractivity contribution in [3.8, 4) is 0 Å². The topological polar surface area (TPSA) is 18.5 Å². The van der Waals surface area contributed by atoms with Crippen molar-refractivity contribution in [2.24, 2.45) is 0 Å². The second kappa shape index (κ2) is 3.47. The van der Waals surface area contributed by atoms with Gasteiger partial charge in [-0.3, -0.25) is 15.1 Å². The van der Waals surface area contributed by atoms with Crippen LogP contribution in [-0.4, -0.2) is 53.7 Å². The Morgan fingerprint density at radius 3 is 2.57 bits per heavy atom. The maximum atomic E-state index is 3.59. The number of rotatable bonds is 0. The van der Waals surface area contributed by atoms with Crippen molar-refractivity contribution in [2.45, 2.75) is 45.4 Å². The fourth-order valence-electron chi connectivity index (χ4n) is 2.54. The van der Waals surface area contributed by atoms with Gasteiger partial charge in [0.1, 0.15) is 0 Å². The first-order valence-corrected chi connectivity index (χ1v) is 5.72. The van der Waals surface area contributed by atoms with Crippen LogP contribution < -0.4 is 5.32 Å². The molecule has 0 amide bonds. The monoisotopic (exact) mass is 197 g/mol. The minimum Gasteiger partial charge on any atom is -0.299 e. The van der Waals surface area contributed by atoms with E-state index in [4.69, 9.17) is 0 Å². The Bertz CT molecular complexity index is 209. The molecule has 0 saturated carbocycles. The van der Waals surface area contributed by atoms with E-state index >= 15 is 0 Å². The summed E-state index contributed by atoms with van der Waals surface area (Å²) >= 11 is 0. The molecule has 2 rings (SSSR count). The molecule has 0 aromatic carbocycles. The van der Waals surface area contributed by atoms with E-state index in [1.165, 1.54) is 19.6 Å². The summed E-state index contributed by atoms with van der Waals surface area (Å²) in [6.07, 6.45) is 0.595. The third kappa shape index (κ3) is 1.81. The van der Waals surface area contributed by atoms with E-state index in [0.29, 0.717) is 11.7 Å². The first-order valence-electron chi connectivity index (χ1n) is 5.72. The zero-order chi connectivity index (χ0) is 10.3. The predicted octanol–water partition coefficient (Wildman–Crippen LogP) is 0.720. The van der Waals surface area contributed by atoms with Crippen LogP contribution in [0.3, 0.4) is 0 Å². The molecule has 0 aromatic rings. The molecule has 2 aliphatic rings. The van der Waals surface area contributed by atoms with E-state index in [9.17, 15) is 0 Å². The molecular weight excluding hydrogens is 174 g/mol. The maximum absolute atomic E-state index is 3.59. The molecule has 2 heterocycles. The molecule has 1 N–H and O–H groups in total. The molecule has 2 unspecified atom stereocenters. The van der Waals surface area contributed by atoms with Gasteiger partial charge in [0.25, 0.3) is 0 Å². The van der Waals surface area contributed by atoms with E-state index in [-0.39, 0.29) is 0 Å². The van der Waals surface area contributed by atoms with E-state index in [0.717, 1.165) is 12.6 Å². The van der Waals surface area contributed by atoms with Gasteiger partial charge in [-0.15, -0.1) is 0 Å². The van der Waals surface area contributed by atoms with Crippen LogP contribution >= 0.6 is 0 Å². The third-order valence-corrected chi connectivity index (χ3v) is 3.59. The zero-order valence-electron chi connectivity index (χ0n) is 9.88. The van der Waals surface area contributed by atoms with Gasteiger partial charge in [-0.05, 0) is 27.7 Å². The van der Waals surface area contributed by atoms with Crippen LogP contribution in [0.4, 0.5) is 0 Å². The average Bonchev–Trinajstić information content (AvgIpc) is 2.46. The van der Waals surface area contributed by atoms with Crippen LogP contribution in [0.25, 0.3) is 0 Å². The van der Waals surface area contributed by atoms with Crippen molar-refractivity contribution in [3.05, 3.63) is 0 Å². The molecule has 2 aliphatic heterocycles. The highest BCUT2D eigenvalue weighted by Crippen LogP contribution is 2.22. The molecule has 0 aromatic heterocycles. The number of hydrogen-bond donors (Lipinski definition) is 1. The average molecular weight is 197 g/mol. The van der Waals surface area contributed by atoms with Crippen LogP contribution in [0, 0.1) is 0 Å². The summed E-state index contributed by atoms with van der Waals surface area (Å²) in [5.41, 5.74) is 0.319. The number of nitrogens with zero attached hydrogens (tertiary/aromatic N) is 2. The zero-order valence-corrected chi connectivity index (χ0v) is 9.88. The number of piperazine rings is 1. The summed E-state index contributed by atoms with van der Waals surface area (Å²) in [5.74, 6) is 0. The normalized spacial score (nSPS) is 36.0. The van der Waals surface area contributed by atoms with Gasteiger partial charge in [0.15, 0.2) is 0 Å². The Morgan fingerprint density at radius 2 is 1.93 bits per heavy atom. The van der Waals surface area contributed by atoms with Gasteiger partial charge < -0.3 is 0 Å². The van der Waals surface area contributed by atoms with Crippen LogP contribution in [0.2, 0.25) is 0 Å². The maximum Gasteiger partial charge on any atom is 0.0732 e. The van der Waals surface area contributed by atoms with Crippen molar-refractivity contribution in [1.29, 1.82) is 0 Å². The van der Waals surface area contributed by atoms with Gasteiger partial charge in [0, 0.05) is 37.8 Å². The fraction of sp³-hybridized carbons (Fsp3) is 1.00. The van der Waals surface area contributed by atoms with Crippen LogP contribution in [0.15, 0.2) is 0 Å². The van der Waals surface area contributed by atoms with Crippen molar-refractivity contribution in [2.75, 3.05) is 26.2 Å². The Hall–Kier alpha value is -0.120.